The molecule has 4 nitrogen and oxygen atoms in total. The first-order valence-corrected chi connectivity index (χ1v) is 5.46. The summed E-state index contributed by atoms with van der Waals surface area (Å²) in [6.45, 7) is 0.320. The van der Waals surface area contributed by atoms with E-state index in [1.54, 1.807) is 0 Å². The fourth-order valence-corrected chi connectivity index (χ4v) is 2.13. The predicted molar refractivity (Wildman–Crippen MR) is 41.1 cm³/mol. The number of ketones is 1. The van der Waals surface area contributed by atoms with Gasteiger partial charge in [-0.2, -0.15) is 0 Å². The summed E-state index contributed by atoms with van der Waals surface area (Å²) < 4.78 is 21.5. The summed E-state index contributed by atoms with van der Waals surface area (Å²) in [6.07, 6.45) is 1.53. The third kappa shape index (κ3) is 2.98. The quantitative estimate of drug-likeness (QED) is 0.585. The number of carbonyl (C=O) groups is 1. The first-order valence-electron chi connectivity index (χ1n) is 3.40. The van der Waals surface area contributed by atoms with Gasteiger partial charge in [-0.15, -0.1) is 0 Å². The van der Waals surface area contributed by atoms with Gasteiger partial charge >= 0.3 is 0 Å². The van der Waals surface area contributed by atoms with Crippen molar-refractivity contribution in [2.75, 3.05) is 18.6 Å². The summed E-state index contributed by atoms with van der Waals surface area (Å²) in [7, 11) is -2.95. The maximum atomic E-state index is 10.7. The van der Waals surface area contributed by atoms with E-state index in [2.05, 4.69) is 5.32 Å². The van der Waals surface area contributed by atoms with E-state index < -0.39 is 9.84 Å². The van der Waals surface area contributed by atoms with Gasteiger partial charge in [0.2, 0.25) is 0 Å². The highest BCUT2D eigenvalue weighted by molar-refractivity contribution is 7.90. The zero-order valence-corrected chi connectivity index (χ0v) is 7.15. The summed E-state index contributed by atoms with van der Waals surface area (Å²) >= 11 is 0. The van der Waals surface area contributed by atoms with Crippen LogP contribution in [0.5, 0.6) is 0 Å². The van der Waals surface area contributed by atoms with Gasteiger partial charge in [0, 0.05) is 18.7 Å². The van der Waals surface area contributed by atoms with E-state index in [-0.39, 0.29) is 17.6 Å². The van der Waals surface area contributed by atoms with Crippen LogP contribution in [0.1, 0.15) is 6.42 Å². The van der Waals surface area contributed by atoms with Gasteiger partial charge in [0.25, 0.3) is 0 Å². The summed E-state index contributed by atoms with van der Waals surface area (Å²) in [5, 5.41) is 2.83. The predicted octanol–water partition coefficient (Wildman–Crippen LogP) is -1.04. The number of rotatable bonds is 2. The Morgan fingerprint density at radius 2 is 2.27 bits per heavy atom. The van der Waals surface area contributed by atoms with E-state index in [0.717, 1.165) is 0 Å². The fourth-order valence-electron chi connectivity index (χ4n) is 1.16. The first kappa shape index (κ1) is 8.67. The molecule has 0 aromatic heterocycles. The molecular weight excluding hydrogens is 166 g/mol. The van der Waals surface area contributed by atoms with Gasteiger partial charge < -0.3 is 5.32 Å². The zero-order valence-electron chi connectivity index (χ0n) is 6.33. The molecule has 0 spiro atoms. The highest BCUT2D eigenvalue weighted by Gasteiger charge is 2.24. The van der Waals surface area contributed by atoms with Crippen LogP contribution in [0.2, 0.25) is 0 Å². The highest BCUT2D eigenvalue weighted by atomic mass is 32.2. The van der Waals surface area contributed by atoms with Gasteiger partial charge in [0.1, 0.15) is 15.6 Å². The minimum absolute atomic E-state index is 0.0682. The Kier molecular flexibility index (Phi) is 2.29. The second-order valence-electron chi connectivity index (χ2n) is 2.91. The van der Waals surface area contributed by atoms with Gasteiger partial charge in [0.15, 0.2) is 0 Å². The molecule has 0 amide bonds. The van der Waals surface area contributed by atoms with Crippen molar-refractivity contribution in [3.05, 3.63) is 0 Å². The number of Topliss-reactive ketones (excluding diaryl/α,β-unsaturated/α-hetero) is 1. The molecule has 64 valence electrons. The lowest BCUT2D eigenvalue weighted by Gasteiger charge is -2.05. The molecule has 1 unspecified atom stereocenters. The van der Waals surface area contributed by atoms with Crippen LogP contribution in [-0.4, -0.2) is 38.8 Å². The third-order valence-electron chi connectivity index (χ3n) is 1.57. The molecule has 0 aromatic carbocycles. The molecule has 1 heterocycles. The highest BCUT2D eigenvalue weighted by Crippen LogP contribution is 2.03. The van der Waals surface area contributed by atoms with Crippen molar-refractivity contribution in [1.29, 1.82) is 0 Å². The average Bonchev–Trinajstić information content (AvgIpc) is 2.10. The van der Waals surface area contributed by atoms with Gasteiger partial charge in [-0.1, -0.05) is 0 Å². The number of carbonyl (C=O) groups excluding carboxylic acids is 1. The molecule has 1 aliphatic rings. The Bertz CT molecular complexity index is 257. The summed E-state index contributed by atoms with van der Waals surface area (Å²) in [6, 6.07) is -0.155. The lowest BCUT2D eigenvalue weighted by molar-refractivity contribution is -0.116. The van der Waals surface area contributed by atoms with Crippen LogP contribution in [0.15, 0.2) is 0 Å². The summed E-state index contributed by atoms with van der Waals surface area (Å²) in [5.41, 5.74) is 0. The molecule has 0 radical (unpaired) electrons. The van der Waals surface area contributed by atoms with Gasteiger partial charge in [-0.05, 0) is 0 Å². The van der Waals surface area contributed by atoms with E-state index in [1.165, 1.54) is 6.26 Å². The van der Waals surface area contributed by atoms with Crippen LogP contribution >= 0.6 is 0 Å². The Morgan fingerprint density at radius 1 is 1.64 bits per heavy atom. The Morgan fingerprint density at radius 3 is 2.64 bits per heavy atom. The van der Waals surface area contributed by atoms with Crippen LogP contribution in [0.4, 0.5) is 0 Å². The van der Waals surface area contributed by atoms with Gasteiger partial charge in [-0.3, -0.25) is 4.79 Å². The molecule has 0 aliphatic carbocycles. The molecule has 11 heavy (non-hydrogen) atoms. The first-order chi connectivity index (χ1) is 4.97. The Labute approximate surface area is 65.9 Å². The van der Waals surface area contributed by atoms with Crippen LogP contribution < -0.4 is 5.32 Å². The lowest BCUT2D eigenvalue weighted by atomic mass is 10.2. The molecule has 1 atom stereocenters. The van der Waals surface area contributed by atoms with Crippen LogP contribution in [0, 0.1) is 0 Å². The van der Waals surface area contributed by atoms with Crippen LogP contribution in [0.3, 0.4) is 0 Å². The smallest absolute Gasteiger partial charge is 0.148 e. The minimum atomic E-state index is -2.95. The number of hydrogen-bond acceptors (Lipinski definition) is 4. The molecule has 0 saturated carbocycles. The van der Waals surface area contributed by atoms with E-state index in [0.29, 0.717) is 13.0 Å². The van der Waals surface area contributed by atoms with Gasteiger partial charge in [0.05, 0.1) is 12.3 Å². The van der Waals surface area contributed by atoms with Crippen molar-refractivity contribution < 1.29 is 13.2 Å². The van der Waals surface area contributed by atoms with E-state index in [4.69, 9.17) is 0 Å². The Hall–Kier alpha value is -0.420. The van der Waals surface area contributed by atoms with Crippen LogP contribution in [0.25, 0.3) is 0 Å². The van der Waals surface area contributed by atoms with Crippen molar-refractivity contribution in [3.63, 3.8) is 0 Å². The van der Waals surface area contributed by atoms with Crippen molar-refractivity contribution in [3.8, 4) is 0 Å². The monoisotopic (exact) mass is 177 g/mol. The summed E-state index contributed by atoms with van der Waals surface area (Å²) in [5.74, 6) is 0.164. The normalized spacial score (nSPS) is 25.9. The molecule has 1 rings (SSSR count). The molecule has 0 bridgehead atoms. The number of nitrogens with one attached hydrogen (secondary N) is 1. The van der Waals surface area contributed by atoms with Crippen molar-refractivity contribution in [2.24, 2.45) is 0 Å². The molecule has 1 fully saturated rings. The van der Waals surface area contributed by atoms with E-state index in [1.807, 2.05) is 0 Å². The molecule has 1 N–H and O–H groups in total. The summed E-state index contributed by atoms with van der Waals surface area (Å²) in [4.78, 5) is 10.7. The van der Waals surface area contributed by atoms with Crippen molar-refractivity contribution in [2.45, 2.75) is 12.5 Å². The largest absolute Gasteiger partial charge is 0.306 e. The molecule has 1 saturated heterocycles. The molecule has 5 heteroatoms. The topological polar surface area (TPSA) is 63.2 Å². The SMILES string of the molecule is CS(=O)(=O)CC1CC(=O)CN1. The third-order valence-corrected chi connectivity index (χ3v) is 2.57. The van der Waals surface area contributed by atoms with Gasteiger partial charge in [-0.25, -0.2) is 8.42 Å². The molecule has 0 aromatic rings. The maximum absolute atomic E-state index is 10.7. The second kappa shape index (κ2) is 2.91. The molecule has 1 aliphatic heterocycles. The average molecular weight is 177 g/mol. The maximum Gasteiger partial charge on any atom is 0.148 e. The van der Waals surface area contributed by atoms with E-state index in [9.17, 15) is 13.2 Å². The minimum Gasteiger partial charge on any atom is -0.306 e. The van der Waals surface area contributed by atoms with Crippen molar-refractivity contribution in [1.82, 2.24) is 5.32 Å². The lowest BCUT2D eigenvalue weighted by Crippen LogP contribution is -2.29. The van der Waals surface area contributed by atoms with E-state index >= 15 is 0 Å². The zero-order chi connectivity index (χ0) is 8.48. The Balaban J connectivity index is 2.47. The fraction of sp³-hybridized carbons (Fsp3) is 0.833. The van der Waals surface area contributed by atoms with Crippen LogP contribution in [-0.2, 0) is 14.6 Å². The number of sulfone groups is 1. The standard InChI is InChI=1S/C6H11NO3S/c1-11(9,10)4-5-2-6(8)3-7-5/h5,7H,2-4H2,1H3. The van der Waals surface area contributed by atoms with Crippen molar-refractivity contribution >= 4 is 15.6 Å². The second-order valence-corrected chi connectivity index (χ2v) is 5.10. The number of hydrogen-bond donors (Lipinski definition) is 1. The molecular formula is C6H11NO3S.